The molecule has 1 aromatic carbocycles. The first-order valence-corrected chi connectivity index (χ1v) is 8.26. The normalized spacial score (nSPS) is 18.7. The third-order valence-electron chi connectivity index (χ3n) is 3.92. The maximum absolute atomic E-state index is 5.77. The zero-order chi connectivity index (χ0) is 14.9. The van der Waals surface area contributed by atoms with Gasteiger partial charge in [0, 0.05) is 25.7 Å². The van der Waals surface area contributed by atoms with Gasteiger partial charge in [0.15, 0.2) is 0 Å². The molecule has 2 rings (SSSR count). The van der Waals surface area contributed by atoms with Crippen molar-refractivity contribution in [3.05, 3.63) is 29.3 Å². The minimum Gasteiger partial charge on any atom is -0.493 e. The Bertz CT molecular complexity index is 393. The second-order valence-corrected chi connectivity index (χ2v) is 6.07. The largest absolute Gasteiger partial charge is 0.493 e. The van der Waals surface area contributed by atoms with Gasteiger partial charge in [-0.3, -0.25) is 0 Å². The highest BCUT2D eigenvalue weighted by Crippen LogP contribution is 2.16. The number of ether oxygens (including phenoxy) is 2. The molecule has 0 aliphatic carbocycles. The van der Waals surface area contributed by atoms with Gasteiger partial charge in [0.05, 0.1) is 6.61 Å². The summed E-state index contributed by atoms with van der Waals surface area (Å²) in [7, 11) is 0. The van der Waals surface area contributed by atoms with Crippen LogP contribution in [0, 0.1) is 13.8 Å². The number of aryl methyl sites for hydroxylation is 2. The van der Waals surface area contributed by atoms with Crippen molar-refractivity contribution >= 4 is 0 Å². The van der Waals surface area contributed by atoms with E-state index in [1.807, 2.05) is 0 Å². The van der Waals surface area contributed by atoms with Gasteiger partial charge in [-0.25, -0.2) is 0 Å². The molecule has 1 aliphatic rings. The molecule has 0 spiro atoms. The first-order chi connectivity index (χ1) is 10.2. The predicted molar refractivity (Wildman–Crippen MR) is 87.1 cm³/mol. The summed E-state index contributed by atoms with van der Waals surface area (Å²) >= 11 is 0. The van der Waals surface area contributed by atoms with Crippen molar-refractivity contribution in [1.82, 2.24) is 5.32 Å². The molecule has 3 nitrogen and oxygen atoms in total. The fourth-order valence-electron chi connectivity index (χ4n) is 2.87. The molecule has 21 heavy (non-hydrogen) atoms. The van der Waals surface area contributed by atoms with Crippen molar-refractivity contribution in [1.29, 1.82) is 0 Å². The van der Waals surface area contributed by atoms with Gasteiger partial charge in [0.25, 0.3) is 0 Å². The maximum atomic E-state index is 5.77. The summed E-state index contributed by atoms with van der Waals surface area (Å²) in [5, 5.41) is 3.55. The molecule has 118 valence electrons. The molecule has 0 bridgehead atoms. The molecule has 1 N–H and O–H groups in total. The Labute approximate surface area is 129 Å². The number of rotatable bonds is 8. The van der Waals surface area contributed by atoms with Gasteiger partial charge >= 0.3 is 0 Å². The number of hydrogen-bond acceptors (Lipinski definition) is 3. The number of piperidine rings is 1. The molecule has 1 atom stereocenters. The fraction of sp³-hybridized carbons (Fsp3) is 0.667. The smallest absolute Gasteiger partial charge is 0.119 e. The van der Waals surface area contributed by atoms with Gasteiger partial charge in [-0.15, -0.1) is 0 Å². The summed E-state index contributed by atoms with van der Waals surface area (Å²) in [6.45, 7) is 7.75. The van der Waals surface area contributed by atoms with Crippen molar-refractivity contribution in [3.63, 3.8) is 0 Å². The van der Waals surface area contributed by atoms with E-state index in [2.05, 4.69) is 37.4 Å². The lowest BCUT2D eigenvalue weighted by Gasteiger charge is -2.23. The van der Waals surface area contributed by atoms with Crippen molar-refractivity contribution in [2.45, 2.75) is 52.0 Å². The second-order valence-electron chi connectivity index (χ2n) is 6.07. The molecule has 1 heterocycles. The van der Waals surface area contributed by atoms with E-state index in [1.165, 1.54) is 36.9 Å². The average Bonchev–Trinajstić information content (AvgIpc) is 2.46. The molecule has 0 amide bonds. The highest BCUT2D eigenvalue weighted by molar-refractivity contribution is 5.32. The lowest BCUT2D eigenvalue weighted by Crippen LogP contribution is -2.34. The van der Waals surface area contributed by atoms with Crippen LogP contribution in [0.1, 0.15) is 43.2 Å². The Hall–Kier alpha value is -1.06. The van der Waals surface area contributed by atoms with E-state index >= 15 is 0 Å². The predicted octanol–water partition coefficient (Wildman–Crippen LogP) is 3.62. The van der Waals surface area contributed by atoms with Crippen LogP contribution in [0.3, 0.4) is 0 Å². The fourth-order valence-corrected chi connectivity index (χ4v) is 2.87. The Morgan fingerprint density at radius 3 is 2.57 bits per heavy atom. The highest BCUT2D eigenvalue weighted by atomic mass is 16.5. The quantitative estimate of drug-likeness (QED) is 0.742. The topological polar surface area (TPSA) is 30.5 Å². The minimum absolute atomic E-state index is 0.672. The van der Waals surface area contributed by atoms with Crippen LogP contribution in [0.2, 0.25) is 0 Å². The summed E-state index contributed by atoms with van der Waals surface area (Å²) in [4.78, 5) is 0. The minimum atomic E-state index is 0.672. The third kappa shape index (κ3) is 6.49. The molecule has 1 unspecified atom stereocenters. The molecular weight excluding hydrogens is 262 g/mol. The summed E-state index contributed by atoms with van der Waals surface area (Å²) in [5.41, 5.74) is 2.50. The van der Waals surface area contributed by atoms with Crippen LogP contribution in [0.15, 0.2) is 18.2 Å². The monoisotopic (exact) mass is 291 g/mol. The van der Waals surface area contributed by atoms with Crippen molar-refractivity contribution in [2.75, 3.05) is 26.4 Å². The van der Waals surface area contributed by atoms with Crippen LogP contribution < -0.4 is 10.1 Å². The number of hydrogen-bond donors (Lipinski definition) is 1. The van der Waals surface area contributed by atoms with E-state index in [4.69, 9.17) is 9.47 Å². The maximum Gasteiger partial charge on any atom is 0.119 e. The summed E-state index contributed by atoms with van der Waals surface area (Å²) in [6.07, 6.45) is 6.08. The van der Waals surface area contributed by atoms with Crippen LogP contribution in [0.4, 0.5) is 0 Å². The molecule has 0 radical (unpaired) electrons. The van der Waals surface area contributed by atoms with E-state index in [9.17, 15) is 0 Å². The van der Waals surface area contributed by atoms with Gasteiger partial charge in [-0.2, -0.15) is 0 Å². The molecule has 1 aliphatic heterocycles. The Morgan fingerprint density at radius 2 is 1.86 bits per heavy atom. The van der Waals surface area contributed by atoms with E-state index in [1.54, 1.807) is 0 Å². The summed E-state index contributed by atoms with van der Waals surface area (Å²) in [6, 6.07) is 7.01. The summed E-state index contributed by atoms with van der Waals surface area (Å²) in [5.74, 6) is 0.971. The van der Waals surface area contributed by atoms with Gasteiger partial charge in [0.1, 0.15) is 5.75 Å². The van der Waals surface area contributed by atoms with Crippen molar-refractivity contribution < 1.29 is 9.47 Å². The first-order valence-electron chi connectivity index (χ1n) is 8.26. The van der Waals surface area contributed by atoms with Gasteiger partial charge < -0.3 is 14.8 Å². The number of nitrogens with one attached hydrogen (secondary N) is 1. The standard InChI is InChI=1S/C18H29NO2/c1-15-12-16(2)14-18(13-15)21-10-5-9-20-11-7-17-6-3-4-8-19-17/h12-14,17,19H,3-11H2,1-2H3. The van der Waals surface area contributed by atoms with Crippen LogP contribution in [0.25, 0.3) is 0 Å². The van der Waals surface area contributed by atoms with Crippen LogP contribution in [0.5, 0.6) is 5.75 Å². The average molecular weight is 291 g/mol. The SMILES string of the molecule is Cc1cc(C)cc(OCCCOCCC2CCCCN2)c1. The van der Waals surface area contributed by atoms with E-state index in [-0.39, 0.29) is 0 Å². The summed E-state index contributed by atoms with van der Waals surface area (Å²) < 4.78 is 11.5. The Morgan fingerprint density at radius 1 is 1.05 bits per heavy atom. The molecule has 1 saturated heterocycles. The van der Waals surface area contributed by atoms with Crippen molar-refractivity contribution in [3.8, 4) is 5.75 Å². The Kier molecular flexibility index (Phi) is 7.04. The lowest BCUT2D eigenvalue weighted by atomic mass is 10.0. The zero-order valence-electron chi connectivity index (χ0n) is 13.5. The first kappa shape index (κ1) is 16.3. The molecule has 0 saturated carbocycles. The second kappa shape index (κ2) is 9.06. The van der Waals surface area contributed by atoms with Gasteiger partial charge in [-0.1, -0.05) is 12.5 Å². The van der Waals surface area contributed by atoms with E-state index < -0.39 is 0 Å². The van der Waals surface area contributed by atoms with Gasteiger partial charge in [-0.05, 0) is 62.9 Å². The van der Waals surface area contributed by atoms with Crippen LogP contribution >= 0.6 is 0 Å². The molecule has 3 heteroatoms. The molecule has 0 aromatic heterocycles. The van der Waals surface area contributed by atoms with E-state index in [0.717, 1.165) is 38.4 Å². The van der Waals surface area contributed by atoms with Crippen molar-refractivity contribution in [2.24, 2.45) is 0 Å². The third-order valence-corrected chi connectivity index (χ3v) is 3.92. The van der Waals surface area contributed by atoms with Crippen LogP contribution in [-0.2, 0) is 4.74 Å². The molecular formula is C18H29NO2. The molecule has 1 aromatic rings. The zero-order valence-corrected chi connectivity index (χ0v) is 13.5. The number of benzene rings is 1. The highest BCUT2D eigenvalue weighted by Gasteiger charge is 2.11. The van der Waals surface area contributed by atoms with Gasteiger partial charge in [0.2, 0.25) is 0 Å². The Balaban J connectivity index is 1.49. The molecule has 1 fully saturated rings. The van der Waals surface area contributed by atoms with E-state index in [0.29, 0.717) is 6.04 Å². The van der Waals surface area contributed by atoms with Crippen LogP contribution in [-0.4, -0.2) is 32.4 Å². The lowest BCUT2D eigenvalue weighted by molar-refractivity contribution is 0.108.